The Bertz CT molecular complexity index is 563. The van der Waals surface area contributed by atoms with Gasteiger partial charge in [0.25, 0.3) is 0 Å². The van der Waals surface area contributed by atoms with Gasteiger partial charge in [0.15, 0.2) is 0 Å². The summed E-state index contributed by atoms with van der Waals surface area (Å²) in [5.74, 6) is 2.20. The summed E-state index contributed by atoms with van der Waals surface area (Å²) in [6, 6.07) is 16.2. The smallest absolute Gasteiger partial charge is 0.132 e. The monoisotopic (exact) mass is 269 g/mol. The molecular weight excluding hydrogens is 246 g/mol. The molecule has 1 unspecified atom stereocenters. The lowest BCUT2D eigenvalue weighted by atomic mass is 10.0. The van der Waals surface area contributed by atoms with E-state index in [1.807, 2.05) is 42.5 Å². The quantitative estimate of drug-likeness (QED) is 0.827. The molecular formula is C18H23NO. The van der Waals surface area contributed by atoms with E-state index in [4.69, 9.17) is 10.5 Å². The minimum atomic E-state index is 0.0115. The fourth-order valence-corrected chi connectivity index (χ4v) is 2.27. The van der Waals surface area contributed by atoms with Crippen LogP contribution in [0.4, 0.5) is 0 Å². The lowest BCUT2D eigenvalue weighted by Crippen LogP contribution is -2.10. The van der Waals surface area contributed by atoms with Crippen LogP contribution in [0.2, 0.25) is 0 Å². The largest absolute Gasteiger partial charge is 0.457 e. The summed E-state index contributed by atoms with van der Waals surface area (Å²) in [5, 5.41) is 0. The highest BCUT2D eigenvalue weighted by atomic mass is 16.5. The van der Waals surface area contributed by atoms with Gasteiger partial charge in [-0.1, -0.05) is 57.2 Å². The van der Waals surface area contributed by atoms with Gasteiger partial charge in [-0.15, -0.1) is 0 Å². The first-order chi connectivity index (χ1) is 9.63. The van der Waals surface area contributed by atoms with Gasteiger partial charge < -0.3 is 10.5 Å². The fraction of sp³-hybridized carbons (Fsp3) is 0.333. The molecule has 0 spiro atoms. The molecule has 0 aliphatic rings. The maximum absolute atomic E-state index is 6.17. The Hall–Kier alpha value is -1.80. The fourth-order valence-electron chi connectivity index (χ4n) is 2.27. The molecule has 2 aromatic rings. The lowest BCUT2D eigenvalue weighted by Gasteiger charge is -2.18. The Kier molecular flexibility index (Phi) is 4.80. The highest BCUT2D eigenvalue weighted by Gasteiger charge is 2.13. The van der Waals surface area contributed by atoms with Gasteiger partial charge in [0.2, 0.25) is 0 Å². The Morgan fingerprint density at radius 2 is 1.40 bits per heavy atom. The number of hydrogen-bond acceptors (Lipinski definition) is 2. The van der Waals surface area contributed by atoms with Crippen molar-refractivity contribution in [1.29, 1.82) is 0 Å². The Morgan fingerprint density at radius 3 is 1.95 bits per heavy atom. The molecule has 0 radical (unpaired) electrons. The average molecular weight is 269 g/mol. The summed E-state index contributed by atoms with van der Waals surface area (Å²) in [6.45, 7) is 6.43. The Morgan fingerprint density at radius 1 is 0.900 bits per heavy atom. The number of benzene rings is 2. The standard InChI is InChI=1S/C18H23NO/c1-4-16(19)15-10-6-8-12-18(15)20-17-11-7-5-9-14(17)13(2)3/h5-13,16H,4,19H2,1-3H3. The van der Waals surface area contributed by atoms with Crippen LogP contribution < -0.4 is 10.5 Å². The lowest BCUT2D eigenvalue weighted by molar-refractivity contribution is 0.460. The number of hydrogen-bond donors (Lipinski definition) is 1. The number of ether oxygens (including phenoxy) is 1. The van der Waals surface area contributed by atoms with Crippen molar-refractivity contribution < 1.29 is 4.74 Å². The normalized spacial score (nSPS) is 12.4. The summed E-state index contributed by atoms with van der Waals surface area (Å²) in [7, 11) is 0. The molecule has 0 saturated carbocycles. The molecule has 2 rings (SSSR count). The number of para-hydroxylation sites is 2. The summed E-state index contributed by atoms with van der Waals surface area (Å²) >= 11 is 0. The molecule has 20 heavy (non-hydrogen) atoms. The SMILES string of the molecule is CCC(N)c1ccccc1Oc1ccccc1C(C)C. The summed E-state index contributed by atoms with van der Waals surface area (Å²) in [5.41, 5.74) is 8.45. The van der Waals surface area contributed by atoms with Gasteiger partial charge in [-0.3, -0.25) is 0 Å². The van der Waals surface area contributed by atoms with E-state index in [1.165, 1.54) is 5.56 Å². The third-order valence-electron chi connectivity index (χ3n) is 3.52. The molecule has 2 N–H and O–H groups in total. The van der Waals surface area contributed by atoms with Gasteiger partial charge in [-0.25, -0.2) is 0 Å². The van der Waals surface area contributed by atoms with Gasteiger partial charge >= 0.3 is 0 Å². The van der Waals surface area contributed by atoms with Crippen LogP contribution >= 0.6 is 0 Å². The highest BCUT2D eigenvalue weighted by Crippen LogP contribution is 2.34. The van der Waals surface area contributed by atoms with E-state index in [2.05, 4.69) is 26.8 Å². The van der Waals surface area contributed by atoms with Crippen LogP contribution in [0.1, 0.15) is 50.3 Å². The van der Waals surface area contributed by atoms with Crippen molar-refractivity contribution in [3.63, 3.8) is 0 Å². The Labute approximate surface area is 121 Å². The topological polar surface area (TPSA) is 35.2 Å². The molecule has 2 nitrogen and oxygen atoms in total. The molecule has 2 aromatic carbocycles. The van der Waals surface area contributed by atoms with Gasteiger partial charge in [0.1, 0.15) is 11.5 Å². The number of rotatable bonds is 5. The van der Waals surface area contributed by atoms with Gasteiger partial charge in [0, 0.05) is 11.6 Å². The predicted octanol–water partition coefficient (Wildman–Crippen LogP) is 5.01. The highest BCUT2D eigenvalue weighted by molar-refractivity contribution is 5.43. The second-order valence-electron chi connectivity index (χ2n) is 5.35. The van der Waals surface area contributed by atoms with Crippen molar-refractivity contribution >= 4 is 0 Å². The molecule has 0 heterocycles. The van der Waals surface area contributed by atoms with Crippen molar-refractivity contribution in [2.45, 2.75) is 39.2 Å². The Balaban J connectivity index is 2.36. The zero-order chi connectivity index (χ0) is 14.5. The molecule has 0 saturated heterocycles. The average Bonchev–Trinajstić information content (AvgIpc) is 2.47. The van der Waals surface area contributed by atoms with E-state index in [-0.39, 0.29) is 6.04 Å². The van der Waals surface area contributed by atoms with Crippen molar-refractivity contribution in [1.82, 2.24) is 0 Å². The van der Waals surface area contributed by atoms with Crippen LogP contribution in [-0.4, -0.2) is 0 Å². The van der Waals surface area contributed by atoms with E-state index < -0.39 is 0 Å². The molecule has 1 atom stereocenters. The molecule has 0 aliphatic heterocycles. The molecule has 0 aromatic heterocycles. The maximum atomic E-state index is 6.17. The first-order valence-corrected chi connectivity index (χ1v) is 7.24. The van der Waals surface area contributed by atoms with Crippen LogP contribution in [0.5, 0.6) is 11.5 Å². The van der Waals surface area contributed by atoms with E-state index in [9.17, 15) is 0 Å². The molecule has 0 fully saturated rings. The minimum Gasteiger partial charge on any atom is -0.457 e. The van der Waals surface area contributed by atoms with Crippen LogP contribution in [0.25, 0.3) is 0 Å². The molecule has 106 valence electrons. The molecule has 2 heteroatoms. The second-order valence-corrected chi connectivity index (χ2v) is 5.35. The summed E-state index contributed by atoms with van der Waals surface area (Å²) in [4.78, 5) is 0. The zero-order valence-corrected chi connectivity index (χ0v) is 12.5. The third-order valence-corrected chi connectivity index (χ3v) is 3.52. The van der Waals surface area contributed by atoms with Crippen molar-refractivity contribution in [3.8, 4) is 11.5 Å². The van der Waals surface area contributed by atoms with Crippen molar-refractivity contribution in [2.75, 3.05) is 0 Å². The van der Waals surface area contributed by atoms with Gasteiger partial charge in [-0.2, -0.15) is 0 Å². The van der Waals surface area contributed by atoms with E-state index >= 15 is 0 Å². The molecule has 0 amide bonds. The summed E-state index contributed by atoms with van der Waals surface area (Å²) in [6.07, 6.45) is 0.895. The van der Waals surface area contributed by atoms with Crippen LogP contribution in [0.15, 0.2) is 48.5 Å². The van der Waals surface area contributed by atoms with Gasteiger partial charge in [0.05, 0.1) is 0 Å². The van der Waals surface area contributed by atoms with Crippen LogP contribution in [-0.2, 0) is 0 Å². The second kappa shape index (κ2) is 6.58. The van der Waals surface area contributed by atoms with Crippen molar-refractivity contribution in [2.24, 2.45) is 5.73 Å². The van der Waals surface area contributed by atoms with E-state index in [0.717, 1.165) is 23.5 Å². The first kappa shape index (κ1) is 14.6. The molecule has 0 aliphatic carbocycles. The maximum Gasteiger partial charge on any atom is 0.132 e. The predicted molar refractivity (Wildman–Crippen MR) is 84.3 cm³/mol. The van der Waals surface area contributed by atoms with Crippen LogP contribution in [0.3, 0.4) is 0 Å². The van der Waals surface area contributed by atoms with Crippen molar-refractivity contribution in [3.05, 3.63) is 59.7 Å². The van der Waals surface area contributed by atoms with E-state index in [1.54, 1.807) is 0 Å². The zero-order valence-electron chi connectivity index (χ0n) is 12.5. The van der Waals surface area contributed by atoms with Crippen LogP contribution in [0, 0.1) is 0 Å². The third kappa shape index (κ3) is 3.20. The van der Waals surface area contributed by atoms with Gasteiger partial charge in [-0.05, 0) is 30.0 Å². The molecule has 0 bridgehead atoms. The first-order valence-electron chi connectivity index (χ1n) is 7.24. The minimum absolute atomic E-state index is 0.0115. The van der Waals surface area contributed by atoms with E-state index in [0.29, 0.717) is 5.92 Å². The summed E-state index contributed by atoms with van der Waals surface area (Å²) < 4.78 is 6.14. The number of nitrogens with two attached hydrogens (primary N) is 1.